The number of carbonyl (C=O) groups excluding carboxylic acids is 2. The number of carbonyl (C=O) groups is 2. The predicted octanol–water partition coefficient (Wildman–Crippen LogP) is 3.03. The highest BCUT2D eigenvalue weighted by molar-refractivity contribution is 5.96. The molecule has 7 heteroatoms. The van der Waals surface area contributed by atoms with E-state index in [9.17, 15) is 24.9 Å². The molecule has 192 valence electrons. The summed E-state index contributed by atoms with van der Waals surface area (Å²) in [5.74, 6) is -1.65. The van der Waals surface area contributed by atoms with Crippen molar-refractivity contribution in [1.29, 1.82) is 0 Å². The minimum atomic E-state index is -2.15. The van der Waals surface area contributed by atoms with Gasteiger partial charge in [0.15, 0.2) is 17.5 Å². The molecule has 0 amide bonds. The Balaban J connectivity index is 1.90. The number of Topliss-reactive ketones (excluding diaryl/α,β-unsaturated/α-hetero) is 1. The lowest BCUT2D eigenvalue weighted by Crippen LogP contribution is -2.65. The molecule has 2 bridgehead atoms. The van der Waals surface area contributed by atoms with Crippen LogP contribution < -0.4 is 0 Å². The van der Waals surface area contributed by atoms with Gasteiger partial charge in [-0.15, -0.1) is 0 Å². The van der Waals surface area contributed by atoms with Crippen LogP contribution in [-0.2, 0) is 16.6 Å². The van der Waals surface area contributed by atoms with Crippen molar-refractivity contribution < 1.29 is 29.6 Å². The maximum absolute atomic E-state index is 14.4. The molecule has 1 aromatic rings. The van der Waals surface area contributed by atoms with Gasteiger partial charge in [-0.25, -0.2) is 4.79 Å². The van der Waals surface area contributed by atoms with E-state index in [4.69, 9.17) is 4.74 Å². The molecule has 7 atom stereocenters. The Kier molecular flexibility index (Phi) is 6.02. The minimum absolute atomic E-state index is 0.131. The van der Waals surface area contributed by atoms with Crippen molar-refractivity contribution >= 4 is 11.8 Å². The molecule has 3 N–H and O–H groups in total. The molecule has 7 nitrogen and oxygen atoms in total. The number of aliphatic hydroxyl groups excluding tert-OH is 2. The van der Waals surface area contributed by atoms with Crippen molar-refractivity contribution in [2.24, 2.45) is 35.6 Å². The Hall–Kier alpha value is -2.22. The molecule has 3 aliphatic carbocycles. The molecule has 0 aromatic carbocycles. The van der Waals surface area contributed by atoms with E-state index in [1.165, 1.54) is 0 Å². The molecular formula is C28H39NO6. The third-order valence-corrected chi connectivity index (χ3v) is 9.73. The maximum Gasteiger partial charge on any atom is 0.340 e. The number of fused-ring (bicyclic) bond motifs is 1. The van der Waals surface area contributed by atoms with Crippen molar-refractivity contribution in [3.05, 3.63) is 46.3 Å². The third-order valence-electron chi connectivity index (χ3n) is 9.73. The smallest absolute Gasteiger partial charge is 0.340 e. The largest absolute Gasteiger partial charge is 0.451 e. The van der Waals surface area contributed by atoms with Crippen LogP contribution in [0.5, 0.6) is 0 Å². The van der Waals surface area contributed by atoms with Crippen LogP contribution in [0.1, 0.15) is 62.8 Å². The quantitative estimate of drug-likeness (QED) is 0.449. The summed E-state index contributed by atoms with van der Waals surface area (Å²) in [5, 5.41) is 34.3. The van der Waals surface area contributed by atoms with Gasteiger partial charge < -0.3 is 24.6 Å². The Morgan fingerprint density at radius 3 is 2.37 bits per heavy atom. The third kappa shape index (κ3) is 3.20. The Labute approximate surface area is 207 Å². The highest BCUT2D eigenvalue weighted by Gasteiger charge is 2.73. The zero-order valence-corrected chi connectivity index (χ0v) is 22.0. The number of aliphatic hydroxyl groups is 3. The Morgan fingerprint density at radius 2 is 1.83 bits per heavy atom. The molecule has 1 spiro atoms. The molecule has 1 saturated carbocycles. The van der Waals surface area contributed by atoms with Gasteiger partial charge in [-0.05, 0) is 61.7 Å². The number of ether oxygens (including phenoxy) is 1. The zero-order chi connectivity index (χ0) is 26.2. The fourth-order valence-corrected chi connectivity index (χ4v) is 6.89. The normalized spacial score (nSPS) is 38.3. The van der Waals surface area contributed by atoms with Gasteiger partial charge in [0.25, 0.3) is 0 Å². The summed E-state index contributed by atoms with van der Waals surface area (Å²) < 4.78 is 7.84. The van der Waals surface area contributed by atoms with E-state index in [1.54, 1.807) is 25.1 Å². The van der Waals surface area contributed by atoms with Crippen molar-refractivity contribution in [3.8, 4) is 0 Å². The second-order valence-electron chi connectivity index (χ2n) is 11.7. The van der Waals surface area contributed by atoms with Gasteiger partial charge >= 0.3 is 5.97 Å². The average molecular weight is 486 g/mol. The summed E-state index contributed by atoms with van der Waals surface area (Å²) in [7, 11) is 1.85. The summed E-state index contributed by atoms with van der Waals surface area (Å²) >= 11 is 0. The number of hydrogen-bond donors (Lipinski definition) is 3. The minimum Gasteiger partial charge on any atom is -0.451 e. The van der Waals surface area contributed by atoms with Crippen LogP contribution in [0.4, 0.5) is 0 Å². The molecular weight excluding hydrogens is 446 g/mol. The number of aryl methyl sites for hydroxylation is 1. The van der Waals surface area contributed by atoms with Crippen LogP contribution in [0, 0.1) is 42.4 Å². The number of ketones is 1. The van der Waals surface area contributed by atoms with Gasteiger partial charge in [-0.2, -0.15) is 0 Å². The number of nitrogens with zero attached hydrogens (tertiary/aromatic N) is 1. The molecule has 1 heterocycles. The lowest BCUT2D eigenvalue weighted by atomic mass is 9.59. The molecule has 4 rings (SSSR count). The highest BCUT2D eigenvalue weighted by Crippen LogP contribution is 2.62. The summed E-state index contributed by atoms with van der Waals surface area (Å²) in [6.45, 7) is 13.0. The molecule has 0 saturated heterocycles. The van der Waals surface area contributed by atoms with E-state index in [2.05, 4.69) is 6.92 Å². The second-order valence-corrected chi connectivity index (χ2v) is 11.7. The van der Waals surface area contributed by atoms with E-state index in [0.29, 0.717) is 17.6 Å². The fraction of sp³-hybridized carbons (Fsp3) is 0.643. The van der Waals surface area contributed by atoms with Crippen LogP contribution >= 0.6 is 0 Å². The van der Waals surface area contributed by atoms with Crippen molar-refractivity contribution in [2.75, 3.05) is 6.61 Å². The fourth-order valence-electron chi connectivity index (χ4n) is 6.89. The Bertz CT molecular complexity index is 1140. The summed E-state index contributed by atoms with van der Waals surface area (Å²) in [6.07, 6.45) is 1.19. The predicted molar refractivity (Wildman–Crippen MR) is 132 cm³/mol. The molecule has 0 radical (unpaired) electrons. The first-order chi connectivity index (χ1) is 16.2. The van der Waals surface area contributed by atoms with Crippen molar-refractivity contribution in [1.82, 2.24) is 4.57 Å². The van der Waals surface area contributed by atoms with Gasteiger partial charge in [-0.1, -0.05) is 39.8 Å². The van der Waals surface area contributed by atoms with Crippen LogP contribution in [-0.4, -0.2) is 56.1 Å². The van der Waals surface area contributed by atoms with Gasteiger partial charge in [0.1, 0.15) is 6.10 Å². The zero-order valence-electron chi connectivity index (χ0n) is 22.0. The Morgan fingerprint density at radius 1 is 1.20 bits per heavy atom. The van der Waals surface area contributed by atoms with Crippen LogP contribution in [0.2, 0.25) is 0 Å². The van der Waals surface area contributed by atoms with E-state index >= 15 is 0 Å². The van der Waals surface area contributed by atoms with E-state index < -0.39 is 47.1 Å². The average Bonchev–Trinajstić information content (AvgIpc) is 3.14. The van der Waals surface area contributed by atoms with E-state index in [-0.39, 0.29) is 23.2 Å². The first-order valence-electron chi connectivity index (χ1n) is 12.5. The lowest BCUT2D eigenvalue weighted by Gasteiger charge is -2.48. The second kappa shape index (κ2) is 8.15. The van der Waals surface area contributed by atoms with Crippen molar-refractivity contribution in [2.45, 2.75) is 72.7 Å². The highest BCUT2D eigenvalue weighted by atomic mass is 16.6. The first kappa shape index (κ1) is 25.9. The van der Waals surface area contributed by atoms with E-state index in [1.807, 2.05) is 46.2 Å². The van der Waals surface area contributed by atoms with Crippen LogP contribution in [0.25, 0.3) is 0 Å². The number of hydrogen-bond acceptors (Lipinski definition) is 6. The molecule has 35 heavy (non-hydrogen) atoms. The molecule has 0 aliphatic heterocycles. The first-order valence-corrected chi connectivity index (χ1v) is 12.5. The standard InChI is InChI=1S/C28H39NO6/c1-14-12-27-16(3)9-15(2)26(6,7)21(23(27)32)11-19(13-30)22(31)28(27,34)24(14)35-25(33)20-10-17(4)29(8)18(20)5/h10-12,15-16,21-22,24,30-31,34H,9,13H2,1-8H3/t15-,16+,21+,22+,24-,27-,28-/m0/s1. The summed E-state index contributed by atoms with van der Waals surface area (Å²) in [5.41, 5.74) is -1.40. The number of esters is 1. The summed E-state index contributed by atoms with van der Waals surface area (Å²) in [4.78, 5) is 27.7. The van der Waals surface area contributed by atoms with Gasteiger partial charge in [0.2, 0.25) is 0 Å². The lowest BCUT2D eigenvalue weighted by molar-refractivity contribution is -0.190. The van der Waals surface area contributed by atoms with Gasteiger partial charge in [0, 0.05) is 24.4 Å². The van der Waals surface area contributed by atoms with Gasteiger partial charge in [0.05, 0.1) is 17.6 Å². The molecule has 1 aromatic heterocycles. The number of aromatic nitrogens is 1. The summed E-state index contributed by atoms with van der Waals surface area (Å²) in [6, 6.07) is 1.73. The van der Waals surface area contributed by atoms with Crippen LogP contribution in [0.15, 0.2) is 29.4 Å². The number of allylic oxidation sites excluding steroid dienone is 1. The van der Waals surface area contributed by atoms with E-state index in [0.717, 1.165) is 11.4 Å². The molecule has 1 fully saturated rings. The topological polar surface area (TPSA) is 109 Å². The monoisotopic (exact) mass is 485 g/mol. The number of rotatable bonds is 3. The molecule has 3 aliphatic rings. The maximum atomic E-state index is 14.4. The molecule has 0 unspecified atom stereocenters. The SMILES string of the molecule is CC1=C[C@]23C(=O)[C@@H](C=C(CO)[C@@H](O)[C@]2(O)[C@H]1OC(=O)c1cc(C)n(C)c1C)C(C)(C)[C@@H](C)C[C@H]3C. The van der Waals surface area contributed by atoms with Gasteiger partial charge in [-0.3, -0.25) is 4.79 Å². The van der Waals surface area contributed by atoms with Crippen LogP contribution in [0.3, 0.4) is 0 Å². The van der Waals surface area contributed by atoms with Crippen molar-refractivity contribution in [3.63, 3.8) is 0 Å².